The van der Waals surface area contributed by atoms with Gasteiger partial charge in [-0.15, -0.1) is 13.2 Å². The molecular formula is C7H2BrF6NO. The van der Waals surface area contributed by atoms with Crippen LogP contribution in [-0.4, -0.2) is 11.3 Å². The van der Waals surface area contributed by atoms with Crippen LogP contribution >= 0.6 is 15.9 Å². The van der Waals surface area contributed by atoms with Crippen molar-refractivity contribution in [2.75, 3.05) is 0 Å². The van der Waals surface area contributed by atoms with Crippen LogP contribution in [0, 0.1) is 5.82 Å². The molecule has 0 aliphatic rings. The van der Waals surface area contributed by atoms with Crippen molar-refractivity contribution in [1.29, 1.82) is 0 Å². The van der Waals surface area contributed by atoms with Crippen LogP contribution < -0.4 is 4.74 Å². The lowest BCUT2D eigenvalue weighted by molar-refractivity contribution is -0.276. The molecular weight excluding hydrogens is 308 g/mol. The van der Waals surface area contributed by atoms with E-state index in [1.807, 2.05) is 0 Å². The van der Waals surface area contributed by atoms with Gasteiger partial charge in [0.1, 0.15) is 5.69 Å². The van der Waals surface area contributed by atoms with Gasteiger partial charge in [-0.05, 0) is 15.9 Å². The summed E-state index contributed by atoms with van der Waals surface area (Å²) in [7, 11) is 0. The molecule has 0 fully saturated rings. The van der Waals surface area contributed by atoms with Gasteiger partial charge in [0.2, 0.25) is 5.88 Å². The van der Waals surface area contributed by atoms with Gasteiger partial charge in [0.25, 0.3) is 6.43 Å². The molecule has 0 N–H and O–H groups in total. The van der Waals surface area contributed by atoms with Crippen LogP contribution in [0.25, 0.3) is 0 Å². The van der Waals surface area contributed by atoms with E-state index in [0.29, 0.717) is 6.07 Å². The first-order valence-electron chi connectivity index (χ1n) is 3.60. The number of pyridine rings is 1. The Balaban J connectivity index is 3.14. The van der Waals surface area contributed by atoms with Gasteiger partial charge in [-0.25, -0.2) is 18.2 Å². The molecule has 1 aromatic heterocycles. The highest BCUT2D eigenvalue weighted by molar-refractivity contribution is 9.10. The zero-order valence-electron chi connectivity index (χ0n) is 7.16. The average molecular weight is 310 g/mol. The monoisotopic (exact) mass is 309 g/mol. The van der Waals surface area contributed by atoms with Crippen molar-refractivity contribution in [1.82, 2.24) is 4.98 Å². The van der Waals surface area contributed by atoms with Gasteiger partial charge in [0.15, 0.2) is 5.82 Å². The molecule has 2 nitrogen and oxygen atoms in total. The van der Waals surface area contributed by atoms with Crippen LogP contribution in [-0.2, 0) is 0 Å². The van der Waals surface area contributed by atoms with E-state index in [-0.39, 0.29) is 0 Å². The summed E-state index contributed by atoms with van der Waals surface area (Å²) in [4.78, 5) is 2.72. The summed E-state index contributed by atoms with van der Waals surface area (Å²) in [6.07, 6.45) is -8.42. The van der Waals surface area contributed by atoms with Crippen molar-refractivity contribution < 1.29 is 31.1 Å². The van der Waals surface area contributed by atoms with Crippen molar-refractivity contribution in [2.45, 2.75) is 12.8 Å². The number of hydrogen-bond acceptors (Lipinski definition) is 2. The Hall–Kier alpha value is -0.990. The van der Waals surface area contributed by atoms with E-state index in [1.165, 1.54) is 0 Å². The molecule has 0 aliphatic heterocycles. The van der Waals surface area contributed by atoms with E-state index in [9.17, 15) is 26.3 Å². The maximum atomic E-state index is 12.9. The number of alkyl halides is 5. The summed E-state index contributed by atoms with van der Waals surface area (Å²) in [6.45, 7) is 0. The van der Waals surface area contributed by atoms with Crippen LogP contribution in [0.4, 0.5) is 26.3 Å². The fourth-order valence-electron chi connectivity index (χ4n) is 0.810. The van der Waals surface area contributed by atoms with Crippen LogP contribution in [0.2, 0.25) is 0 Å². The number of ether oxygens (including phenoxy) is 1. The highest BCUT2D eigenvalue weighted by Gasteiger charge is 2.33. The molecule has 1 heterocycles. The summed E-state index contributed by atoms with van der Waals surface area (Å²) < 4.78 is 75.2. The Morgan fingerprint density at radius 1 is 1.31 bits per heavy atom. The summed E-state index contributed by atoms with van der Waals surface area (Å²) in [5.74, 6) is -2.58. The van der Waals surface area contributed by atoms with Gasteiger partial charge in [0, 0.05) is 6.07 Å². The summed E-state index contributed by atoms with van der Waals surface area (Å²) in [5.41, 5.74) is -1.41. The van der Waals surface area contributed by atoms with Crippen molar-refractivity contribution in [3.63, 3.8) is 0 Å². The largest absolute Gasteiger partial charge is 0.574 e. The van der Waals surface area contributed by atoms with E-state index < -0.39 is 34.7 Å². The van der Waals surface area contributed by atoms with Gasteiger partial charge in [0.05, 0.1) is 4.47 Å². The van der Waals surface area contributed by atoms with E-state index in [4.69, 9.17) is 0 Å². The second-order valence-electron chi connectivity index (χ2n) is 2.49. The van der Waals surface area contributed by atoms with Crippen molar-refractivity contribution in [2.24, 2.45) is 0 Å². The first kappa shape index (κ1) is 13.1. The molecule has 0 saturated carbocycles. The average Bonchev–Trinajstić information content (AvgIpc) is 2.07. The predicted octanol–water partition coefficient (Wildman–Crippen LogP) is 3.82. The summed E-state index contributed by atoms with van der Waals surface area (Å²) >= 11 is 2.48. The first-order valence-corrected chi connectivity index (χ1v) is 4.40. The summed E-state index contributed by atoms with van der Waals surface area (Å²) in [6, 6.07) is 0.509. The van der Waals surface area contributed by atoms with E-state index >= 15 is 0 Å². The van der Waals surface area contributed by atoms with E-state index in [1.54, 1.807) is 0 Å². The molecule has 0 radical (unpaired) electrons. The molecule has 16 heavy (non-hydrogen) atoms. The molecule has 0 aliphatic carbocycles. The van der Waals surface area contributed by atoms with Gasteiger partial charge in [-0.2, -0.15) is 0 Å². The molecule has 0 atom stereocenters. The molecule has 0 unspecified atom stereocenters. The fraction of sp³-hybridized carbons (Fsp3) is 0.286. The topological polar surface area (TPSA) is 22.1 Å². The number of aromatic nitrogens is 1. The molecule has 0 aromatic carbocycles. The Morgan fingerprint density at radius 3 is 2.31 bits per heavy atom. The van der Waals surface area contributed by atoms with Gasteiger partial charge in [-0.3, -0.25) is 0 Å². The molecule has 0 bridgehead atoms. The third kappa shape index (κ3) is 3.26. The second-order valence-corrected chi connectivity index (χ2v) is 3.34. The number of nitrogens with zero attached hydrogens (tertiary/aromatic N) is 1. The molecule has 1 rings (SSSR count). The standard InChI is InChI=1S/C7H2BrF6NO/c8-2-1-3(16-7(12,13)14)15-5(4(2)9)6(10)11/h1,6H. The lowest BCUT2D eigenvalue weighted by Gasteiger charge is -2.10. The quantitative estimate of drug-likeness (QED) is 0.775. The Morgan fingerprint density at radius 2 is 1.88 bits per heavy atom. The predicted molar refractivity (Wildman–Crippen MR) is 43.5 cm³/mol. The number of rotatable bonds is 2. The minimum absolute atomic E-state index is 0.509. The highest BCUT2D eigenvalue weighted by Crippen LogP contribution is 2.30. The normalized spacial score (nSPS) is 12.0. The van der Waals surface area contributed by atoms with E-state index in [0.717, 1.165) is 0 Å². The number of hydrogen-bond donors (Lipinski definition) is 0. The molecule has 90 valence electrons. The first-order chi connectivity index (χ1) is 7.20. The molecule has 0 saturated heterocycles. The Labute approximate surface area is 93.4 Å². The zero-order valence-corrected chi connectivity index (χ0v) is 8.74. The Bertz CT molecular complexity index is 393. The lowest BCUT2D eigenvalue weighted by Crippen LogP contribution is -2.18. The maximum absolute atomic E-state index is 12.9. The van der Waals surface area contributed by atoms with Gasteiger partial charge in [-0.1, -0.05) is 0 Å². The third-order valence-corrected chi connectivity index (χ3v) is 1.92. The van der Waals surface area contributed by atoms with E-state index in [2.05, 4.69) is 25.7 Å². The lowest BCUT2D eigenvalue weighted by atomic mass is 10.3. The molecule has 0 amide bonds. The Kier molecular flexibility index (Phi) is 3.66. The highest BCUT2D eigenvalue weighted by atomic mass is 79.9. The number of halogens is 7. The van der Waals surface area contributed by atoms with Crippen LogP contribution in [0.5, 0.6) is 5.88 Å². The fourth-order valence-corrected chi connectivity index (χ4v) is 1.21. The second kappa shape index (κ2) is 4.48. The SMILES string of the molecule is Fc1c(Br)cc(OC(F)(F)F)nc1C(F)F. The van der Waals surface area contributed by atoms with Crippen molar-refractivity contribution in [3.8, 4) is 5.88 Å². The minimum atomic E-state index is -5.08. The van der Waals surface area contributed by atoms with Crippen molar-refractivity contribution >= 4 is 15.9 Å². The van der Waals surface area contributed by atoms with Gasteiger partial charge < -0.3 is 4.74 Å². The maximum Gasteiger partial charge on any atom is 0.574 e. The minimum Gasteiger partial charge on any atom is -0.388 e. The third-order valence-electron chi connectivity index (χ3n) is 1.34. The van der Waals surface area contributed by atoms with Crippen LogP contribution in [0.1, 0.15) is 12.1 Å². The van der Waals surface area contributed by atoms with Crippen LogP contribution in [0.15, 0.2) is 10.5 Å². The molecule has 0 spiro atoms. The van der Waals surface area contributed by atoms with Crippen LogP contribution in [0.3, 0.4) is 0 Å². The summed E-state index contributed by atoms with van der Waals surface area (Å²) in [5, 5.41) is 0. The zero-order chi connectivity index (χ0) is 12.5. The molecule has 9 heteroatoms. The smallest absolute Gasteiger partial charge is 0.388 e. The van der Waals surface area contributed by atoms with Crippen molar-refractivity contribution in [3.05, 3.63) is 22.1 Å². The molecule has 1 aromatic rings. The van der Waals surface area contributed by atoms with Gasteiger partial charge >= 0.3 is 6.36 Å².